The molecule has 4 nitrogen and oxygen atoms in total. The van der Waals surface area contributed by atoms with E-state index in [0.717, 1.165) is 28.1 Å². The molecule has 4 heterocycles. The number of hydrogen-bond donors (Lipinski definition) is 1. The van der Waals surface area contributed by atoms with E-state index in [2.05, 4.69) is 474 Å². The molecule has 0 saturated carbocycles. The minimum absolute atomic E-state index is 0.428. The Labute approximate surface area is 695 Å². The van der Waals surface area contributed by atoms with Crippen molar-refractivity contribution >= 4 is 87.2 Å². The van der Waals surface area contributed by atoms with Crippen LogP contribution in [-0.4, -0.2) is 18.7 Å². The molecule has 0 unspecified atom stereocenters. The number of nitrogens with zero attached hydrogens (tertiary/aromatic N) is 3. The van der Waals surface area contributed by atoms with Gasteiger partial charge in [-0.2, -0.15) is 0 Å². The molecule has 1 N–H and O–H groups in total. The summed E-state index contributed by atoms with van der Waals surface area (Å²) in [6.07, 6.45) is 0. The smallest absolute Gasteiger partial charge is 0.0714 e. The molecule has 120 heavy (non-hydrogen) atoms. The molecule has 0 aliphatic heterocycles. The van der Waals surface area contributed by atoms with Crippen LogP contribution in [0.1, 0.15) is 44.5 Å². The second kappa shape index (κ2) is 27.5. The Morgan fingerprint density at radius 3 is 0.925 bits per heavy atom. The molecule has 0 atom stereocenters. The number of hydrogen-bond acceptors (Lipinski definition) is 0. The highest BCUT2D eigenvalue weighted by molar-refractivity contribution is 6.16. The Balaban J connectivity index is 0.000000137. The van der Waals surface area contributed by atoms with Crippen LogP contribution in [0.4, 0.5) is 0 Å². The molecule has 4 heteroatoms. The first kappa shape index (κ1) is 68.8. The number of aromatic nitrogens is 4. The lowest BCUT2D eigenvalue weighted by atomic mass is 9.67. The van der Waals surface area contributed by atoms with Gasteiger partial charge < -0.3 is 18.7 Å². The number of benzene rings is 19. The zero-order chi connectivity index (χ0) is 79.0. The van der Waals surface area contributed by atoms with Crippen LogP contribution in [0.15, 0.2) is 455 Å². The van der Waals surface area contributed by atoms with Gasteiger partial charge in [0.15, 0.2) is 0 Å². The lowest BCUT2D eigenvalue weighted by molar-refractivity contribution is 0.769. The molecule has 0 bridgehead atoms. The Kier molecular flexibility index (Phi) is 15.8. The van der Waals surface area contributed by atoms with Gasteiger partial charge in [0, 0.05) is 71.2 Å². The van der Waals surface area contributed by atoms with Crippen molar-refractivity contribution in [2.45, 2.75) is 10.8 Å². The SMILES string of the molecule is c1ccc(-c2cccc(-n3c4ccccc4c4cc(-c5ccc6[nH]c7cc8c(cc7c6c5)-c5ccccc5C8(c5ccccc5)c5ccccc5)ccc43)c2)cc1.c1ccc(-c2cccc(-n3c4ccccc4c4cc(-c5ccc6c(c5)c5cc7c(cc5n6-c5ccccc5)C(c5ccccc5)(c5ccccc5)c5ccccc5-7)ccc43)c2)cc1. The van der Waals surface area contributed by atoms with Crippen molar-refractivity contribution in [1.82, 2.24) is 18.7 Å². The molecule has 2 aliphatic rings. The topological polar surface area (TPSA) is 30.6 Å². The number of aromatic amines is 1. The Bertz CT molecular complexity index is 7910. The summed E-state index contributed by atoms with van der Waals surface area (Å²) in [7, 11) is 0. The number of para-hydroxylation sites is 3. The maximum Gasteiger partial charge on any atom is 0.0714 e. The van der Waals surface area contributed by atoms with Gasteiger partial charge in [-0.05, 0) is 233 Å². The van der Waals surface area contributed by atoms with Crippen LogP contribution < -0.4 is 0 Å². The normalized spacial score (nSPS) is 13.0. The van der Waals surface area contributed by atoms with E-state index >= 15 is 0 Å². The third-order valence-electron chi connectivity index (χ3n) is 26.0. The largest absolute Gasteiger partial charge is 0.355 e. The van der Waals surface area contributed by atoms with Crippen molar-refractivity contribution in [3.63, 3.8) is 0 Å². The van der Waals surface area contributed by atoms with E-state index in [9.17, 15) is 0 Å². The lowest BCUT2D eigenvalue weighted by Gasteiger charge is -2.34. The summed E-state index contributed by atoms with van der Waals surface area (Å²) in [5.74, 6) is 0. The highest BCUT2D eigenvalue weighted by Crippen LogP contribution is 2.60. The average molecular weight is 1530 g/mol. The molecular weight excluding hydrogens is 1450 g/mol. The van der Waals surface area contributed by atoms with Crippen molar-refractivity contribution < 1.29 is 0 Å². The molecule has 0 spiro atoms. The average Bonchev–Trinajstić information content (AvgIpc) is 1.53. The first-order valence-electron chi connectivity index (χ1n) is 41.6. The van der Waals surface area contributed by atoms with Crippen molar-refractivity contribution in [3.05, 3.63) is 499 Å². The monoisotopic (exact) mass is 1520 g/mol. The molecule has 0 saturated heterocycles. The maximum atomic E-state index is 3.84. The molecule has 0 amide bonds. The first-order valence-corrected chi connectivity index (χ1v) is 41.6. The first-order chi connectivity index (χ1) is 59.5. The standard InChI is InChI=1S/C61H40N2.C55H36N2/c1-5-18-41(19-6-1)42-20-17-27-48(36-42)63-57-31-16-14-29-50(57)52-37-43(32-34-58(52)63)44-33-35-59-53(38-44)54-39-51-49-28-13-15-30-55(49)61(45-21-7-2-8-22-45,46-23-9-3-10-24-46)56(51)40-60(54)62(59)47-25-11-4-12-26-47;1-4-15-36(16-5-1)37-17-14-22-42(31-37)57-53-26-13-11-24-44(53)48-33-39(28-30-54(48)57)38-27-29-51-46(32-38)47-34-45-43-23-10-12-25-49(43)55(40-18-6-2-7-19-40,41-20-8-3-9-21-41)50(45)35-52(47)56-51/h1-40H;1-35,56H. The van der Waals surface area contributed by atoms with E-state index in [1.807, 2.05) is 0 Å². The van der Waals surface area contributed by atoms with Crippen molar-refractivity contribution in [2.75, 3.05) is 0 Å². The van der Waals surface area contributed by atoms with Crippen LogP contribution in [0.5, 0.6) is 0 Å². The predicted octanol–water partition coefficient (Wildman–Crippen LogP) is 29.7. The minimum Gasteiger partial charge on any atom is -0.355 e. The van der Waals surface area contributed by atoms with Gasteiger partial charge in [0.05, 0.1) is 43.9 Å². The molecular formula is C116H76N4. The van der Waals surface area contributed by atoms with Crippen LogP contribution in [-0.2, 0) is 10.8 Å². The van der Waals surface area contributed by atoms with E-state index in [1.54, 1.807) is 0 Å². The fourth-order valence-electron chi connectivity index (χ4n) is 20.8. The summed E-state index contributed by atoms with van der Waals surface area (Å²) in [5.41, 5.74) is 37.2. The molecule has 0 radical (unpaired) electrons. The van der Waals surface area contributed by atoms with Crippen LogP contribution in [0, 0.1) is 0 Å². The van der Waals surface area contributed by atoms with Gasteiger partial charge in [-0.15, -0.1) is 0 Å². The van der Waals surface area contributed by atoms with Gasteiger partial charge in [0.2, 0.25) is 0 Å². The van der Waals surface area contributed by atoms with E-state index in [1.165, 1.54) is 187 Å². The fourth-order valence-corrected chi connectivity index (χ4v) is 20.8. The van der Waals surface area contributed by atoms with E-state index in [4.69, 9.17) is 0 Å². The summed E-state index contributed by atoms with van der Waals surface area (Å²) in [4.78, 5) is 3.84. The molecule has 2 aliphatic carbocycles. The number of rotatable bonds is 11. The summed E-state index contributed by atoms with van der Waals surface area (Å²) < 4.78 is 7.30. The number of nitrogens with one attached hydrogen (secondary N) is 1. The quantitative estimate of drug-likeness (QED) is 0.134. The fraction of sp³-hybridized carbons (Fsp3) is 0.0172. The van der Waals surface area contributed by atoms with Gasteiger partial charge in [-0.25, -0.2) is 0 Å². The van der Waals surface area contributed by atoms with E-state index < -0.39 is 10.8 Å². The van der Waals surface area contributed by atoms with Crippen LogP contribution in [0.25, 0.3) is 171 Å². The zero-order valence-corrected chi connectivity index (χ0v) is 65.6. The second-order valence-corrected chi connectivity index (χ2v) is 32.2. The number of H-pyrrole nitrogens is 1. The molecule has 0 fully saturated rings. The van der Waals surface area contributed by atoms with Crippen LogP contribution >= 0.6 is 0 Å². The zero-order valence-electron chi connectivity index (χ0n) is 65.6. The van der Waals surface area contributed by atoms with Gasteiger partial charge in [0.1, 0.15) is 0 Å². The Hall–Kier alpha value is -15.6. The second-order valence-electron chi connectivity index (χ2n) is 32.2. The third-order valence-corrected chi connectivity index (χ3v) is 26.0. The summed E-state index contributed by atoms with van der Waals surface area (Å²) in [6.45, 7) is 0. The van der Waals surface area contributed by atoms with E-state index in [-0.39, 0.29) is 0 Å². The Morgan fingerprint density at radius 2 is 0.467 bits per heavy atom. The molecule has 560 valence electrons. The van der Waals surface area contributed by atoms with Crippen molar-refractivity contribution in [1.29, 1.82) is 0 Å². The summed E-state index contributed by atoms with van der Waals surface area (Å²) in [6, 6.07) is 168. The molecule has 19 aromatic carbocycles. The minimum atomic E-state index is -0.483. The Morgan fingerprint density at radius 1 is 0.158 bits per heavy atom. The third kappa shape index (κ3) is 10.5. The van der Waals surface area contributed by atoms with E-state index in [0.29, 0.717) is 0 Å². The van der Waals surface area contributed by atoms with Gasteiger partial charge in [-0.3, -0.25) is 0 Å². The van der Waals surface area contributed by atoms with Gasteiger partial charge in [-0.1, -0.05) is 334 Å². The highest BCUT2D eigenvalue weighted by Gasteiger charge is 2.48. The van der Waals surface area contributed by atoms with Crippen LogP contribution in [0.2, 0.25) is 0 Å². The molecule has 23 aromatic rings. The van der Waals surface area contributed by atoms with Crippen molar-refractivity contribution in [2.24, 2.45) is 0 Å². The molecule has 25 rings (SSSR count). The summed E-state index contributed by atoms with van der Waals surface area (Å²) in [5, 5.41) is 9.96. The highest BCUT2D eigenvalue weighted by atomic mass is 15.0. The summed E-state index contributed by atoms with van der Waals surface area (Å²) >= 11 is 0. The van der Waals surface area contributed by atoms with Crippen LogP contribution in [0.3, 0.4) is 0 Å². The van der Waals surface area contributed by atoms with Gasteiger partial charge in [0.25, 0.3) is 0 Å². The number of fused-ring (bicyclic) bond motifs is 18. The lowest BCUT2D eigenvalue weighted by Crippen LogP contribution is -2.28. The molecule has 4 aromatic heterocycles. The van der Waals surface area contributed by atoms with Gasteiger partial charge >= 0.3 is 0 Å². The maximum absolute atomic E-state index is 3.84. The van der Waals surface area contributed by atoms with Crippen molar-refractivity contribution in [3.8, 4) is 83.8 Å². The predicted molar refractivity (Wildman–Crippen MR) is 502 cm³/mol.